The molecule has 8 heteroatoms. The lowest BCUT2D eigenvalue weighted by Gasteiger charge is -2.16. The van der Waals surface area contributed by atoms with Crippen LogP contribution in [-0.4, -0.2) is 33.4 Å². The van der Waals surface area contributed by atoms with Gasteiger partial charge in [-0.2, -0.15) is 0 Å². The van der Waals surface area contributed by atoms with E-state index < -0.39 is 0 Å². The summed E-state index contributed by atoms with van der Waals surface area (Å²) in [4.78, 5) is 4.76. The molecule has 0 aliphatic rings. The van der Waals surface area contributed by atoms with Crippen molar-refractivity contribution in [3.8, 4) is 28.9 Å². The van der Waals surface area contributed by atoms with Crippen LogP contribution >= 0.6 is 23.2 Å². The highest BCUT2D eigenvalue weighted by Crippen LogP contribution is 2.42. The molecule has 0 amide bonds. The fourth-order valence-corrected chi connectivity index (χ4v) is 3.84. The second kappa shape index (κ2) is 9.18. The minimum Gasteiger partial charge on any atom is -0.493 e. The quantitative estimate of drug-likeness (QED) is 0.293. The van der Waals surface area contributed by atoms with Gasteiger partial charge in [0.15, 0.2) is 23.0 Å². The minimum atomic E-state index is 0.256. The summed E-state index contributed by atoms with van der Waals surface area (Å²) >= 11 is 12.2. The smallest absolute Gasteiger partial charge is 0.222 e. The van der Waals surface area contributed by atoms with E-state index in [-0.39, 0.29) is 6.61 Å². The number of fused-ring (bicyclic) bond motifs is 3. The molecule has 0 saturated heterocycles. The summed E-state index contributed by atoms with van der Waals surface area (Å²) in [6, 6.07) is 12.8. The van der Waals surface area contributed by atoms with Gasteiger partial charge in [-0.25, -0.2) is 4.98 Å². The molecule has 1 heterocycles. The van der Waals surface area contributed by atoms with E-state index in [0.29, 0.717) is 44.4 Å². The SMILES string of the molecule is COc1cc2nc(OCc3ccc(Cl)c(Cl)c3)c3cc(OC)c(OC)cc3c2cc1OC. The summed E-state index contributed by atoms with van der Waals surface area (Å²) in [6.07, 6.45) is 0. The van der Waals surface area contributed by atoms with Gasteiger partial charge in [0.25, 0.3) is 0 Å². The first kappa shape index (κ1) is 22.1. The van der Waals surface area contributed by atoms with E-state index in [0.717, 1.165) is 21.7 Å². The zero-order valence-corrected chi connectivity index (χ0v) is 19.5. The summed E-state index contributed by atoms with van der Waals surface area (Å²) in [5.74, 6) is 2.77. The Labute approximate surface area is 195 Å². The average molecular weight is 474 g/mol. The third-order valence-electron chi connectivity index (χ3n) is 5.13. The Morgan fingerprint density at radius 3 is 1.81 bits per heavy atom. The first-order valence-electron chi connectivity index (χ1n) is 9.67. The number of ether oxygens (including phenoxy) is 5. The predicted octanol–water partition coefficient (Wildman–Crippen LogP) is 6.31. The van der Waals surface area contributed by atoms with Crippen LogP contribution in [-0.2, 0) is 6.61 Å². The molecule has 0 radical (unpaired) electrons. The van der Waals surface area contributed by atoms with Gasteiger partial charge in [0.05, 0.1) is 44.0 Å². The van der Waals surface area contributed by atoms with Gasteiger partial charge < -0.3 is 23.7 Å². The molecule has 4 aromatic rings. The highest BCUT2D eigenvalue weighted by molar-refractivity contribution is 6.42. The second-order valence-corrected chi connectivity index (χ2v) is 7.75. The van der Waals surface area contributed by atoms with Crippen molar-refractivity contribution in [3.63, 3.8) is 0 Å². The lowest BCUT2D eigenvalue weighted by atomic mass is 10.0. The van der Waals surface area contributed by atoms with Crippen LogP contribution in [0.1, 0.15) is 5.56 Å². The molecule has 0 N–H and O–H groups in total. The largest absolute Gasteiger partial charge is 0.493 e. The van der Waals surface area contributed by atoms with Gasteiger partial charge in [0.2, 0.25) is 5.88 Å². The number of nitrogens with zero attached hydrogens (tertiary/aromatic N) is 1. The van der Waals surface area contributed by atoms with Crippen LogP contribution in [0.25, 0.3) is 21.7 Å². The maximum Gasteiger partial charge on any atom is 0.222 e. The third kappa shape index (κ3) is 4.04. The maximum atomic E-state index is 6.14. The Morgan fingerprint density at radius 2 is 1.22 bits per heavy atom. The first-order chi connectivity index (χ1) is 15.5. The molecule has 0 saturated carbocycles. The fourth-order valence-electron chi connectivity index (χ4n) is 3.52. The van der Waals surface area contributed by atoms with Gasteiger partial charge in [0, 0.05) is 22.2 Å². The van der Waals surface area contributed by atoms with Crippen molar-refractivity contribution in [1.82, 2.24) is 4.98 Å². The second-order valence-electron chi connectivity index (χ2n) is 6.93. The van der Waals surface area contributed by atoms with Crippen LogP contribution in [0, 0.1) is 0 Å². The first-order valence-corrected chi connectivity index (χ1v) is 10.4. The molecular weight excluding hydrogens is 453 g/mol. The Balaban J connectivity index is 1.91. The molecule has 0 fully saturated rings. The molecule has 4 rings (SSSR count). The van der Waals surface area contributed by atoms with Crippen molar-refractivity contribution in [1.29, 1.82) is 0 Å². The molecule has 0 atom stereocenters. The van der Waals surface area contributed by atoms with E-state index in [9.17, 15) is 0 Å². The highest BCUT2D eigenvalue weighted by atomic mass is 35.5. The lowest BCUT2D eigenvalue weighted by Crippen LogP contribution is -2.00. The number of benzene rings is 3. The number of halogens is 2. The minimum absolute atomic E-state index is 0.256. The Bertz CT molecular complexity index is 1310. The van der Waals surface area contributed by atoms with Crippen LogP contribution in [0.15, 0.2) is 42.5 Å². The summed E-state index contributed by atoms with van der Waals surface area (Å²) < 4.78 is 28.1. The molecule has 6 nitrogen and oxygen atoms in total. The molecule has 0 aliphatic carbocycles. The van der Waals surface area contributed by atoms with Crippen LogP contribution in [0.2, 0.25) is 10.0 Å². The van der Waals surface area contributed by atoms with Crippen LogP contribution in [0.5, 0.6) is 28.9 Å². The molecule has 0 spiro atoms. The zero-order chi connectivity index (χ0) is 22.8. The van der Waals surface area contributed by atoms with Crippen LogP contribution < -0.4 is 23.7 Å². The van der Waals surface area contributed by atoms with Crippen molar-refractivity contribution >= 4 is 44.9 Å². The Hall–Kier alpha value is -3.09. The normalized spacial score (nSPS) is 10.9. The number of pyridine rings is 1. The summed E-state index contributed by atoms with van der Waals surface area (Å²) in [5.41, 5.74) is 1.55. The van der Waals surface area contributed by atoms with E-state index >= 15 is 0 Å². The van der Waals surface area contributed by atoms with Gasteiger partial charge in [-0.1, -0.05) is 29.3 Å². The van der Waals surface area contributed by atoms with Crippen molar-refractivity contribution in [2.24, 2.45) is 0 Å². The molecule has 32 heavy (non-hydrogen) atoms. The average Bonchev–Trinajstić information content (AvgIpc) is 2.82. The topological polar surface area (TPSA) is 59.0 Å². The van der Waals surface area contributed by atoms with Crippen LogP contribution in [0.4, 0.5) is 0 Å². The van der Waals surface area contributed by atoms with E-state index in [4.69, 9.17) is 51.9 Å². The molecule has 3 aromatic carbocycles. The molecule has 0 unspecified atom stereocenters. The predicted molar refractivity (Wildman–Crippen MR) is 126 cm³/mol. The third-order valence-corrected chi connectivity index (χ3v) is 5.87. The van der Waals surface area contributed by atoms with Gasteiger partial charge in [-0.15, -0.1) is 0 Å². The Kier molecular flexibility index (Phi) is 6.35. The number of hydrogen-bond donors (Lipinski definition) is 0. The standard InChI is InChI=1S/C24H21Cl2NO5/c1-28-20-8-14-15-9-21(29-2)23(31-4)11-19(15)27-24(16(14)10-22(20)30-3)32-12-13-5-6-17(25)18(26)7-13/h5-11H,12H2,1-4H3. The molecule has 166 valence electrons. The van der Waals surface area contributed by atoms with E-state index in [2.05, 4.69) is 0 Å². The summed E-state index contributed by atoms with van der Waals surface area (Å²) in [7, 11) is 6.36. The molecule has 0 aliphatic heterocycles. The molecule has 0 bridgehead atoms. The number of methoxy groups -OCH3 is 4. The van der Waals surface area contributed by atoms with Gasteiger partial charge >= 0.3 is 0 Å². The van der Waals surface area contributed by atoms with Gasteiger partial charge in [-0.05, 0) is 35.9 Å². The van der Waals surface area contributed by atoms with E-state index in [1.54, 1.807) is 40.6 Å². The number of hydrogen-bond acceptors (Lipinski definition) is 6. The molecular formula is C24H21Cl2NO5. The number of rotatable bonds is 7. The summed E-state index contributed by atoms with van der Waals surface area (Å²) in [5, 5.41) is 3.45. The van der Waals surface area contributed by atoms with Crippen molar-refractivity contribution in [2.45, 2.75) is 6.61 Å². The van der Waals surface area contributed by atoms with Gasteiger partial charge in [0.1, 0.15) is 6.61 Å². The molecule has 1 aromatic heterocycles. The highest BCUT2D eigenvalue weighted by Gasteiger charge is 2.17. The lowest BCUT2D eigenvalue weighted by molar-refractivity contribution is 0.299. The van der Waals surface area contributed by atoms with Crippen molar-refractivity contribution in [3.05, 3.63) is 58.1 Å². The van der Waals surface area contributed by atoms with Crippen LogP contribution in [0.3, 0.4) is 0 Å². The van der Waals surface area contributed by atoms with E-state index in [1.165, 1.54) is 0 Å². The van der Waals surface area contributed by atoms with Crippen molar-refractivity contribution < 1.29 is 23.7 Å². The Morgan fingerprint density at radius 1 is 0.656 bits per heavy atom. The van der Waals surface area contributed by atoms with Crippen molar-refractivity contribution in [2.75, 3.05) is 28.4 Å². The summed E-state index contributed by atoms with van der Waals surface area (Å²) in [6.45, 7) is 0.256. The number of aromatic nitrogens is 1. The zero-order valence-electron chi connectivity index (χ0n) is 18.0. The van der Waals surface area contributed by atoms with E-state index in [1.807, 2.05) is 30.3 Å². The van der Waals surface area contributed by atoms with Gasteiger partial charge in [-0.3, -0.25) is 0 Å². The monoisotopic (exact) mass is 473 g/mol. The maximum absolute atomic E-state index is 6.14. The fraction of sp³-hybridized carbons (Fsp3) is 0.208.